The number of likely N-dealkylation sites (tertiary alicyclic amines) is 1. The summed E-state index contributed by atoms with van der Waals surface area (Å²) in [5.41, 5.74) is 0. The molecule has 0 saturated carbocycles. The average Bonchev–Trinajstić information content (AvgIpc) is 2.78. The maximum absolute atomic E-state index is 11.3. The molecule has 18 heavy (non-hydrogen) atoms. The lowest BCUT2D eigenvalue weighted by molar-refractivity contribution is 0.0783. The Kier molecular flexibility index (Phi) is 3.15. The highest BCUT2D eigenvalue weighted by atomic mass is 32.2. The molecule has 1 aromatic heterocycles. The topological polar surface area (TPSA) is 55.2 Å². The van der Waals surface area contributed by atoms with E-state index in [0.717, 1.165) is 32.5 Å². The van der Waals surface area contributed by atoms with Gasteiger partial charge in [0.2, 0.25) is 0 Å². The van der Waals surface area contributed by atoms with Crippen LogP contribution >= 0.6 is 0 Å². The Morgan fingerprint density at radius 2 is 1.94 bits per heavy atom. The summed E-state index contributed by atoms with van der Waals surface area (Å²) in [5, 5.41) is 4.25. The van der Waals surface area contributed by atoms with E-state index in [1.807, 2.05) is 23.1 Å². The minimum Gasteiger partial charge on any atom is -0.299 e. The summed E-state index contributed by atoms with van der Waals surface area (Å²) >= 11 is 0. The van der Waals surface area contributed by atoms with Crippen molar-refractivity contribution in [2.24, 2.45) is 5.92 Å². The molecule has 0 unspecified atom stereocenters. The molecule has 0 radical (unpaired) electrons. The van der Waals surface area contributed by atoms with Crippen LogP contribution in [0, 0.1) is 5.92 Å². The monoisotopic (exact) mass is 269 g/mol. The Morgan fingerprint density at radius 1 is 1.22 bits per heavy atom. The Morgan fingerprint density at radius 3 is 2.56 bits per heavy atom. The number of hydrogen-bond donors (Lipinski definition) is 0. The average molecular weight is 269 g/mol. The third-order valence-electron chi connectivity index (χ3n) is 4.03. The molecule has 0 aromatic carbocycles. The molecule has 1 aromatic rings. The fourth-order valence-electron chi connectivity index (χ4n) is 2.84. The fourth-order valence-corrected chi connectivity index (χ4v) is 4.43. The molecule has 6 heteroatoms. The van der Waals surface area contributed by atoms with E-state index in [-0.39, 0.29) is 0 Å². The molecule has 5 nitrogen and oxygen atoms in total. The van der Waals surface area contributed by atoms with Crippen LogP contribution < -0.4 is 0 Å². The summed E-state index contributed by atoms with van der Waals surface area (Å²) in [6.45, 7) is 3.14. The van der Waals surface area contributed by atoms with Crippen LogP contribution in [0.1, 0.15) is 18.9 Å². The van der Waals surface area contributed by atoms with E-state index in [2.05, 4.69) is 10.00 Å². The molecule has 0 atom stereocenters. The van der Waals surface area contributed by atoms with Crippen LogP contribution in [0.5, 0.6) is 0 Å². The zero-order valence-corrected chi connectivity index (χ0v) is 11.2. The summed E-state index contributed by atoms with van der Waals surface area (Å²) in [6, 6.07) is 2.46. The van der Waals surface area contributed by atoms with Crippen molar-refractivity contribution >= 4 is 9.84 Å². The van der Waals surface area contributed by atoms with E-state index < -0.39 is 9.84 Å². The predicted molar refractivity (Wildman–Crippen MR) is 69.1 cm³/mol. The molecular formula is C12H19N3O2S. The van der Waals surface area contributed by atoms with Crippen molar-refractivity contribution in [2.75, 3.05) is 31.1 Å². The molecule has 0 bridgehead atoms. The number of nitrogens with zero attached hydrogens (tertiary/aromatic N) is 3. The Hall–Kier alpha value is -0.880. The quantitative estimate of drug-likeness (QED) is 0.805. The van der Waals surface area contributed by atoms with Crippen molar-refractivity contribution in [3.63, 3.8) is 0 Å². The van der Waals surface area contributed by atoms with Crippen molar-refractivity contribution in [1.29, 1.82) is 0 Å². The van der Waals surface area contributed by atoms with Gasteiger partial charge in [-0.1, -0.05) is 0 Å². The SMILES string of the molecule is O=S1(=O)CCC(CN2CC(n3cccn3)C2)CC1. The van der Waals surface area contributed by atoms with Crippen LogP contribution in [0.4, 0.5) is 0 Å². The molecule has 100 valence electrons. The summed E-state index contributed by atoms with van der Waals surface area (Å²) in [5.74, 6) is 1.33. The normalized spacial score (nSPS) is 26.0. The lowest BCUT2D eigenvalue weighted by Crippen LogP contribution is -2.50. The largest absolute Gasteiger partial charge is 0.299 e. The van der Waals surface area contributed by atoms with Gasteiger partial charge in [0.15, 0.2) is 0 Å². The second-order valence-corrected chi connectivity index (χ2v) is 7.76. The van der Waals surface area contributed by atoms with Crippen molar-refractivity contribution in [3.8, 4) is 0 Å². The van der Waals surface area contributed by atoms with Gasteiger partial charge < -0.3 is 0 Å². The second kappa shape index (κ2) is 4.66. The van der Waals surface area contributed by atoms with Gasteiger partial charge in [0.25, 0.3) is 0 Å². The van der Waals surface area contributed by atoms with Crippen LogP contribution in [-0.4, -0.2) is 54.2 Å². The number of rotatable bonds is 3. The van der Waals surface area contributed by atoms with E-state index >= 15 is 0 Å². The van der Waals surface area contributed by atoms with Crippen molar-refractivity contribution in [2.45, 2.75) is 18.9 Å². The summed E-state index contributed by atoms with van der Waals surface area (Å²) < 4.78 is 24.7. The zero-order valence-electron chi connectivity index (χ0n) is 10.4. The molecule has 2 fully saturated rings. The predicted octanol–water partition coefficient (Wildman–Crippen LogP) is 0.565. The Balaban J connectivity index is 1.44. The van der Waals surface area contributed by atoms with Crippen molar-refractivity contribution < 1.29 is 8.42 Å². The van der Waals surface area contributed by atoms with Crippen molar-refractivity contribution in [1.82, 2.24) is 14.7 Å². The zero-order chi connectivity index (χ0) is 12.6. The first-order valence-corrected chi connectivity index (χ1v) is 8.36. The van der Waals surface area contributed by atoms with Crippen LogP contribution in [0.3, 0.4) is 0 Å². The van der Waals surface area contributed by atoms with Gasteiger partial charge >= 0.3 is 0 Å². The molecule has 2 aliphatic rings. The fraction of sp³-hybridized carbons (Fsp3) is 0.750. The lowest BCUT2D eigenvalue weighted by Gasteiger charge is -2.41. The van der Waals surface area contributed by atoms with Gasteiger partial charge in [-0.3, -0.25) is 9.58 Å². The van der Waals surface area contributed by atoms with E-state index in [1.165, 1.54) is 0 Å². The molecular weight excluding hydrogens is 250 g/mol. The highest BCUT2D eigenvalue weighted by molar-refractivity contribution is 7.91. The van der Waals surface area contributed by atoms with Crippen LogP contribution in [0.2, 0.25) is 0 Å². The van der Waals surface area contributed by atoms with Gasteiger partial charge in [0.1, 0.15) is 9.84 Å². The highest BCUT2D eigenvalue weighted by Gasteiger charge is 2.32. The first-order valence-electron chi connectivity index (χ1n) is 6.54. The second-order valence-electron chi connectivity index (χ2n) is 5.45. The Labute approximate surface area is 108 Å². The smallest absolute Gasteiger partial charge is 0.150 e. The number of sulfone groups is 1. The Bertz CT molecular complexity index is 477. The molecule has 2 aliphatic heterocycles. The van der Waals surface area contributed by atoms with Crippen LogP contribution in [-0.2, 0) is 9.84 Å². The molecule has 0 N–H and O–H groups in total. The third-order valence-corrected chi connectivity index (χ3v) is 5.74. The first-order chi connectivity index (χ1) is 8.62. The van der Waals surface area contributed by atoms with Gasteiger partial charge in [-0.2, -0.15) is 5.10 Å². The summed E-state index contributed by atoms with van der Waals surface area (Å²) in [7, 11) is -2.72. The minimum atomic E-state index is -2.72. The first kappa shape index (κ1) is 12.2. The lowest BCUT2D eigenvalue weighted by atomic mass is 9.99. The van der Waals surface area contributed by atoms with E-state index in [9.17, 15) is 8.42 Å². The molecule has 3 rings (SSSR count). The molecule has 3 heterocycles. The van der Waals surface area contributed by atoms with Gasteiger partial charge in [-0.25, -0.2) is 8.42 Å². The number of hydrogen-bond acceptors (Lipinski definition) is 4. The van der Waals surface area contributed by atoms with Gasteiger partial charge in [-0.15, -0.1) is 0 Å². The molecule has 0 aliphatic carbocycles. The molecule has 2 saturated heterocycles. The van der Waals surface area contributed by atoms with E-state index in [1.54, 1.807) is 0 Å². The van der Waals surface area contributed by atoms with Gasteiger partial charge in [-0.05, 0) is 24.8 Å². The van der Waals surface area contributed by atoms with Crippen molar-refractivity contribution in [3.05, 3.63) is 18.5 Å². The molecule has 0 spiro atoms. The van der Waals surface area contributed by atoms with Gasteiger partial charge in [0, 0.05) is 32.0 Å². The van der Waals surface area contributed by atoms with E-state index in [4.69, 9.17) is 0 Å². The summed E-state index contributed by atoms with van der Waals surface area (Å²) in [6.07, 6.45) is 5.50. The van der Waals surface area contributed by atoms with Gasteiger partial charge in [0.05, 0.1) is 17.5 Å². The number of aromatic nitrogens is 2. The standard InChI is InChI=1S/C12H19N3O2S/c16-18(17)6-2-11(3-7-18)8-14-9-12(10-14)15-5-1-4-13-15/h1,4-5,11-12H,2-3,6-10H2. The van der Waals surface area contributed by atoms with E-state index in [0.29, 0.717) is 23.5 Å². The minimum absolute atomic E-state index is 0.383. The summed E-state index contributed by atoms with van der Waals surface area (Å²) in [4.78, 5) is 2.41. The highest BCUT2D eigenvalue weighted by Crippen LogP contribution is 2.25. The maximum Gasteiger partial charge on any atom is 0.150 e. The maximum atomic E-state index is 11.3. The van der Waals surface area contributed by atoms with Crippen LogP contribution in [0.25, 0.3) is 0 Å². The van der Waals surface area contributed by atoms with Crippen LogP contribution in [0.15, 0.2) is 18.5 Å². The third kappa shape index (κ3) is 2.59. The molecule has 0 amide bonds.